The minimum Gasteiger partial charge on any atom is -0.314 e. The fraction of sp³-hybridized carbons (Fsp3) is 0.647. The molecule has 0 spiro atoms. The SMILES string of the molecule is Cl.Fc1cccc([C@H](C2CCCCC2)N2CCNCC2)c1F. The quantitative estimate of drug-likeness (QED) is 0.904. The van der Waals surface area contributed by atoms with Gasteiger partial charge in [-0.1, -0.05) is 31.4 Å². The highest BCUT2D eigenvalue weighted by Gasteiger charge is 2.33. The standard InChI is InChI=1S/C17H24F2N2.ClH/c18-15-8-4-7-14(16(15)19)17(13-5-2-1-3-6-13)21-11-9-20-10-12-21;/h4,7-8,13,17,20H,1-3,5-6,9-12H2;1H/t17-;/m0./s1. The van der Waals surface area contributed by atoms with Gasteiger partial charge in [0, 0.05) is 37.8 Å². The summed E-state index contributed by atoms with van der Waals surface area (Å²) in [6, 6.07) is 4.67. The van der Waals surface area contributed by atoms with Gasteiger partial charge in [-0.15, -0.1) is 12.4 Å². The normalized spacial score (nSPS) is 22.1. The van der Waals surface area contributed by atoms with Crippen LogP contribution in [0.4, 0.5) is 8.78 Å². The van der Waals surface area contributed by atoms with Crippen molar-refractivity contribution in [2.75, 3.05) is 26.2 Å². The number of nitrogens with one attached hydrogen (secondary N) is 1. The van der Waals surface area contributed by atoms with Crippen molar-refractivity contribution in [2.45, 2.75) is 38.1 Å². The fourth-order valence-electron chi connectivity index (χ4n) is 3.91. The second-order valence-electron chi connectivity index (χ2n) is 6.27. The van der Waals surface area contributed by atoms with Gasteiger partial charge >= 0.3 is 0 Å². The Bertz CT molecular complexity index is 454. The van der Waals surface area contributed by atoms with E-state index in [9.17, 15) is 8.78 Å². The van der Waals surface area contributed by atoms with Crippen LogP contribution in [0.25, 0.3) is 0 Å². The van der Waals surface area contributed by atoms with E-state index in [4.69, 9.17) is 0 Å². The molecular weight excluding hydrogens is 306 g/mol. The summed E-state index contributed by atoms with van der Waals surface area (Å²) in [7, 11) is 0. The predicted molar refractivity (Wildman–Crippen MR) is 87.4 cm³/mol. The van der Waals surface area contributed by atoms with Crippen molar-refractivity contribution in [3.63, 3.8) is 0 Å². The molecule has 1 saturated carbocycles. The van der Waals surface area contributed by atoms with Gasteiger partial charge in [-0.2, -0.15) is 0 Å². The van der Waals surface area contributed by atoms with Crippen LogP contribution < -0.4 is 5.32 Å². The third-order valence-electron chi connectivity index (χ3n) is 4.94. The van der Waals surface area contributed by atoms with Gasteiger partial charge in [0.25, 0.3) is 0 Å². The third kappa shape index (κ3) is 3.79. The van der Waals surface area contributed by atoms with Crippen LogP contribution in [0.2, 0.25) is 0 Å². The van der Waals surface area contributed by atoms with E-state index in [-0.39, 0.29) is 18.4 Å². The van der Waals surface area contributed by atoms with Crippen LogP contribution in [-0.2, 0) is 0 Å². The predicted octanol–water partition coefficient (Wildman–Crippen LogP) is 3.91. The van der Waals surface area contributed by atoms with Crippen LogP contribution in [0, 0.1) is 17.6 Å². The van der Waals surface area contributed by atoms with Crippen molar-refractivity contribution in [1.29, 1.82) is 0 Å². The Kier molecular flexibility index (Phi) is 6.60. The van der Waals surface area contributed by atoms with E-state index >= 15 is 0 Å². The molecule has 1 aromatic rings. The molecule has 0 aromatic heterocycles. The maximum absolute atomic E-state index is 14.3. The topological polar surface area (TPSA) is 15.3 Å². The number of nitrogens with zero attached hydrogens (tertiary/aromatic N) is 1. The van der Waals surface area contributed by atoms with Crippen molar-refractivity contribution in [1.82, 2.24) is 10.2 Å². The van der Waals surface area contributed by atoms with Crippen molar-refractivity contribution in [3.8, 4) is 0 Å². The molecule has 0 radical (unpaired) electrons. The van der Waals surface area contributed by atoms with Gasteiger partial charge in [0.05, 0.1) is 0 Å². The number of halogens is 3. The number of piperazine rings is 1. The van der Waals surface area contributed by atoms with Gasteiger partial charge in [0.15, 0.2) is 11.6 Å². The molecule has 1 atom stereocenters. The summed E-state index contributed by atoms with van der Waals surface area (Å²) < 4.78 is 28.0. The molecule has 1 N–H and O–H groups in total. The number of hydrogen-bond acceptors (Lipinski definition) is 2. The van der Waals surface area contributed by atoms with Gasteiger partial charge in [0.1, 0.15) is 0 Å². The first-order valence-electron chi connectivity index (χ1n) is 8.16. The van der Waals surface area contributed by atoms with Gasteiger partial charge < -0.3 is 5.32 Å². The number of hydrogen-bond donors (Lipinski definition) is 1. The molecule has 1 aliphatic carbocycles. The zero-order valence-corrected chi connectivity index (χ0v) is 13.7. The van der Waals surface area contributed by atoms with E-state index in [0.29, 0.717) is 11.5 Å². The Balaban J connectivity index is 0.00000176. The molecule has 1 saturated heterocycles. The summed E-state index contributed by atoms with van der Waals surface area (Å²) in [4.78, 5) is 2.35. The smallest absolute Gasteiger partial charge is 0.163 e. The first-order chi connectivity index (χ1) is 10.3. The minimum atomic E-state index is -0.719. The van der Waals surface area contributed by atoms with E-state index in [1.54, 1.807) is 12.1 Å². The maximum Gasteiger partial charge on any atom is 0.163 e. The zero-order valence-electron chi connectivity index (χ0n) is 12.9. The number of rotatable bonds is 3. The van der Waals surface area contributed by atoms with Crippen molar-refractivity contribution < 1.29 is 8.78 Å². The molecule has 0 unspecified atom stereocenters. The molecule has 2 aliphatic rings. The summed E-state index contributed by atoms with van der Waals surface area (Å²) in [6.45, 7) is 3.69. The highest BCUT2D eigenvalue weighted by Crippen LogP contribution is 2.39. The molecular formula is C17H25ClF2N2. The monoisotopic (exact) mass is 330 g/mol. The fourth-order valence-corrected chi connectivity index (χ4v) is 3.91. The largest absolute Gasteiger partial charge is 0.314 e. The van der Waals surface area contributed by atoms with Crippen molar-refractivity contribution in [3.05, 3.63) is 35.4 Å². The molecule has 2 nitrogen and oxygen atoms in total. The van der Waals surface area contributed by atoms with Crippen LogP contribution in [0.3, 0.4) is 0 Å². The van der Waals surface area contributed by atoms with Crippen LogP contribution in [0.5, 0.6) is 0 Å². The molecule has 0 bridgehead atoms. The van der Waals surface area contributed by atoms with Crippen molar-refractivity contribution >= 4 is 12.4 Å². The van der Waals surface area contributed by atoms with E-state index < -0.39 is 11.6 Å². The van der Waals surface area contributed by atoms with E-state index in [2.05, 4.69) is 10.2 Å². The van der Waals surface area contributed by atoms with E-state index in [1.165, 1.54) is 25.3 Å². The average molecular weight is 331 g/mol. The summed E-state index contributed by atoms with van der Waals surface area (Å²) in [6.07, 6.45) is 5.96. The zero-order chi connectivity index (χ0) is 14.7. The Labute approximate surface area is 137 Å². The van der Waals surface area contributed by atoms with Crippen LogP contribution in [0.15, 0.2) is 18.2 Å². The highest BCUT2D eigenvalue weighted by molar-refractivity contribution is 5.85. The molecule has 0 amide bonds. The lowest BCUT2D eigenvalue weighted by atomic mass is 9.80. The van der Waals surface area contributed by atoms with Gasteiger partial charge in [-0.3, -0.25) is 4.90 Å². The molecule has 124 valence electrons. The Morgan fingerprint density at radius 3 is 2.41 bits per heavy atom. The Hall–Kier alpha value is -0.710. The molecule has 22 heavy (non-hydrogen) atoms. The van der Waals surface area contributed by atoms with Gasteiger partial charge in [-0.05, 0) is 24.8 Å². The highest BCUT2D eigenvalue weighted by atomic mass is 35.5. The van der Waals surface area contributed by atoms with E-state index in [1.807, 2.05) is 0 Å². The first-order valence-corrected chi connectivity index (χ1v) is 8.16. The average Bonchev–Trinajstić information content (AvgIpc) is 2.54. The first kappa shape index (κ1) is 17.6. The summed E-state index contributed by atoms with van der Waals surface area (Å²) in [5.41, 5.74) is 0.559. The Morgan fingerprint density at radius 2 is 1.73 bits per heavy atom. The lowest BCUT2D eigenvalue weighted by Gasteiger charge is -2.41. The second-order valence-corrected chi connectivity index (χ2v) is 6.27. The van der Waals surface area contributed by atoms with Crippen LogP contribution in [0.1, 0.15) is 43.7 Å². The summed E-state index contributed by atoms with van der Waals surface area (Å²) in [5, 5.41) is 3.34. The van der Waals surface area contributed by atoms with Crippen LogP contribution >= 0.6 is 12.4 Å². The maximum atomic E-state index is 14.3. The van der Waals surface area contributed by atoms with Crippen molar-refractivity contribution in [2.24, 2.45) is 5.92 Å². The number of benzene rings is 1. The van der Waals surface area contributed by atoms with Gasteiger partial charge in [-0.25, -0.2) is 8.78 Å². The van der Waals surface area contributed by atoms with Crippen LogP contribution in [-0.4, -0.2) is 31.1 Å². The lowest BCUT2D eigenvalue weighted by Crippen LogP contribution is -2.47. The molecule has 1 aliphatic heterocycles. The molecule has 2 fully saturated rings. The summed E-state index contributed by atoms with van der Waals surface area (Å²) >= 11 is 0. The third-order valence-corrected chi connectivity index (χ3v) is 4.94. The second kappa shape index (κ2) is 8.23. The van der Waals surface area contributed by atoms with Gasteiger partial charge in [0.2, 0.25) is 0 Å². The van der Waals surface area contributed by atoms with E-state index in [0.717, 1.165) is 39.0 Å². The summed E-state index contributed by atoms with van der Waals surface area (Å²) in [5.74, 6) is -0.914. The minimum absolute atomic E-state index is 0. The molecule has 3 rings (SSSR count). The Morgan fingerprint density at radius 1 is 1.05 bits per heavy atom. The molecule has 1 heterocycles. The molecule has 1 aromatic carbocycles. The lowest BCUT2D eigenvalue weighted by molar-refractivity contribution is 0.1000. The molecule has 5 heteroatoms.